The number of aryl methyl sites for hydroxylation is 2. The molecule has 0 aliphatic carbocycles. The number of benzene rings is 1. The zero-order valence-electron chi connectivity index (χ0n) is 9.00. The first-order chi connectivity index (χ1) is 7.13. The van der Waals surface area contributed by atoms with Crippen LogP contribution in [0.25, 0.3) is 0 Å². The van der Waals surface area contributed by atoms with Crippen LogP contribution in [-0.4, -0.2) is 17.4 Å². The summed E-state index contributed by atoms with van der Waals surface area (Å²) in [4.78, 5) is 0. The molecule has 0 fully saturated rings. The number of rotatable bonds is 3. The Morgan fingerprint density at radius 2 is 2.13 bits per heavy atom. The fourth-order valence-electron chi connectivity index (χ4n) is 1.29. The molecule has 0 bridgehead atoms. The summed E-state index contributed by atoms with van der Waals surface area (Å²) in [7, 11) is 0. The van der Waals surface area contributed by atoms with Gasteiger partial charge in [0, 0.05) is 18.0 Å². The molecule has 82 valence electrons. The van der Waals surface area contributed by atoms with Gasteiger partial charge in [0.2, 0.25) is 0 Å². The van der Waals surface area contributed by atoms with Crippen LogP contribution in [0.5, 0.6) is 0 Å². The number of thiocarbonyl (C=S) groups is 1. The van der Waals surface area contributed by atoms with Gasteiger partial charge >= 0.3 is 0 Å². The number of anilines is 1. The first kappa shape index (κ1) is 12.3. The molecule has 1 rings (SSSR count). The molecule has 0 heterocycles. The van der Waals surface area contributed by atoms with Gasteiger partial charge in [0.05, 0.1) is 0 Å². The Morgan fingerprint density at radius 1 is 1.40 bits per heavy atom. The van der Waals surface area contributed by atoms with Crippen LogP contribution < -0.4 is 10.6 Å². The lowest BCUT2D eigenvalue weighted by molar-refractivity contribution is 0.993. The predicted octanol–water partition coefficient (Wildman–Crippen LogP) is 2.52. The molecule has 1 aromatic rings. The molecular formula is C11H16N2S2. The van der Waals surface area contributed by atoms with Gasteiger partial charge in [-0.15, -0.1) is 0 Å². The third kappa shape index (κ3) is 4.10. The Balaban J connectivity index is 2.60. The highest BCUT2D eigenvalue weighted by atomic mass is 32.1. The highest BCUT2D eigenvalue weighted by Crippen LogP contribution is 2.15. The maximum Gasteiger partial charge on any atom is 0.170 e. The van der Waals surface area contributed by atoms with Crippen LogP contribution in [0.2, 0.25) is 0 Å². The fourth-order valence-corrected chi connectivity index (χ4v) is 1.61. The van der Waals surface area contributed by atoms with E-state index in [1.807, 2.05) is 6.07 Å². The minimum atomic E-state index is 0.649. The average Bonchev–Trinajstić information content (AvgIpc) is 2.19. The van der Waals surface area contributed by atoms with Gasteiger partial charge in [-0.1, -0.05) is 17.7 Å². The summed E-state index contributed by atoms with van der Waals surface area (Å²) in [5.74, 6) is 0.773. The van der Waals surface area contributed by atoms with E-state index in [1.54, 1.807) is 0 Å². The van der Waals surface area contributed by atoms with E-state index in [9.17, 15) is 0 Å². The van der Waals surface area contributed by atoms with Crippen molar-refractivity contribution >= 4 is 35.6 Å². The molecule has 0 amide bonds. The monoisotopic (exact) mass is 240 g/mol. The quantitative estimate of drug-likeness (QED) is 0.559. The summed E-state index contributed by atoms with van der Waals surface area (Å²) in [6.07, 6.45) is 0. The van der Waals surface area contributed by atoms with Gasteiger partial charge in [-0.25, -0.2) is 0 Å². The molecule has 2 N–H and O–H groups in total. The Bertz CT molecular complexity index is 350. The molecular weight excluding hydrogens is 224 g/mol. The third-order valence-electron chi connectivity index (χ3n) is 2.03. The molecule has 15 heavy (non-hydrogen) atoms. The Kier molecular flexibility index (Phi) is 4.91. The second-order valence-corrected chi connectivity index (χ2v) is 4.28. The minimum Gasteiger partial charge on any atom is -0.362 e. The second-order valence-electron chi connectivity index (χ2n) is 3.42. The van der Waals surface area contributed by atoms with Crippen molar-refractivity contribution in [3.05, 3.63) is 29.3 Å². The number of nitrogens with one attached hydrogen (secondary N) is 2. The SMILES string of the molecule is Cc1ccc(NC(=S)NCCS)c(C)c1. The lowest BCUT2D eigenvalue weighted by atomic mass is 10.1. The summed E-state index contributed by atoms with van der Waals surface area (Å²) in [5, 5.41) is 6.87. The van der Waals surface area contributed by atoms with Crippen LogP contribution >= 0.6 is 24.8 Å². The van der Waals surface area contributed by atoms with Crippen LogP contribution in [-0.2, 0) is 0 Å². The standard InChI is InChI=1S/C11H16N2S2/c1-8-3-4-10(9(2)7-8)13-11(15)12-5-6-14/h3-4,7,14H,5-6H2,1-2H3,(H2,12,13,15). The molecule has 0 saturated heterocycles. The number of hydrogen-bond donors (Lipinski definition) is 3. The Hall–Kier alpha value is -0.740. The first-order valence-electron chi connectivity index (χ1n) is 4.86. The van der Waals surface area contributed by atoms with E-state index in [1.165, 1.54) is 11.1 Å². The van der Waals surface area contributed by atoms with Gasteiger partial charge in [-0.2, -0.15) is 12.6 Å². The van der Waals surface area contributed by atoms with Gasteiger partial charge in [-0.3, -0.25) is 0 Å². The van der Waals surface area contributed by atoms with Crippen molar-refractivity contribution in [1.29, 1.82) is 0 Å². The van der Waals surface area contributed by atoms with Gasteiger partial charge < -0.3 is 10.6 Å². The van der Waals surface area contributed by atoms with Gasteiger partial charge in [0.25, 0.3) is 0 Å². The topological polar surface area (TPSA) is 24.1 Å². The Morgan fingerprint density at radius 3 is 2.73 bits per heavy atom. The molecule has 2 nitrogen and oxygen atoms in total. The van der Waals surface area contributed by atoms with Crippen molar-refractivity contribution in [2.45, 2.75) is 13.8 Å². The highest BCUT2D eigenvalue weighted by Gasteiger charge is 2.00. The van der Waals surface area contributed by atoms with Crippen LogP contribution in [0.15, 0.2) is 18.2 Å². The summed E-state index contributed by atoms with van der Waals surface area (Å²) in [6, 6.07) is 6.24. The Labute approximate surface area is 102 Å². The van der Waals surface area contributed by atoms with Crippen molar-refractivity contribution in [3.63, 3.8) is 0 Å². The van der Waals surface area contributed by atoms with E-state index < -0.39 is 0 Å². The number of thiol groups is 1. The molecule has 0 saturated carbocycles. The average molecular weight is 240 g/mol. The summed E-state index contributed by atoms with van der Waals surface area (Å²) in [5.41, 5.74) is 3.51. The van der Waals surface area contributed by atoms with Crippen LogP contribution in [0, 0.1) is 13.8 Å². The summed E-state index contributed by atoms with van der Waals surface area (Å²) >= 11 is 9.24. The van der Waals surface area contributed by atoms with E-state index in [2.05, 4.69) is 49.2 Å². The molecule has 0 atom stereocenters. The highest BCUT2D eigenvalue weighted by molar-refractivity contribution is 7.80. The molecule has 0 radical (unpaired) electrons. The zero-order valence-corrected chi connectivity index (χ0v) is 10.7. The van der Waals surface area contributed by atoms with Crippen molar-refractivity contribution in [1.82, 2.24) is 5.32 Å². The zero-order chi connectivity index (χ0) is 11.3. The summed E-state index contributed by atoms with van der Waals surface area (Å²) < 4.78 is 0. The number of hydrogen-bond acceptors (Lipinski definition) is 2. The minimum absolute atomic E-state index is 0.649. The molecule has 0 aliphatic heterocycles. The van der Waals surface area contributed by atoms with Crippen LogP contribution in [0.3, 0.4) is 0 Å². The normalized spacial score (nSPS) is 9.80. The summed E-state index contributed by atoms with van der Waals surface area (Å²) in [6.45, 7) is 4.92. The third-order valence-corrected chi connectivity index (χ3v) is 2.50. The lowest BCUT2D eigenvalue weighted by Gasteiger charge is -2.12. The van der Waals surface area contributed by atoms with Crippen molar-refractivity contribution in [2.75, 3.05) is 17.6 Å². The first-order valence-corrected chi connectivity index (χ1v) is 5.90. The van der Waals surface area contributed by atoms with Crippen molar-refractivity contribution in [3.8, 4) is 0 Å². The molecule has 0 spiro atoms. The van der Waals surface area contributed by atoms with Crippen LogP contribution in [0.4, 0.5) is 5.69 Å². The lowest BCUT2D eigenvalue weighted by Crippen LogP contribution is -2.30. The van der Waals surface area contributed by atoms with E-state index in [-0.39, 0.29) is 0 Å². The molecule has 0 aliphatic rings. The van der Waals surface area contributed by atoms with Gasteiger partial charge in [0.1, 0.15) is 0 Å². The predicted molar refractivity (Wildman–Crippen MR) is 74.0 cm³/mol. The largest absolute Gasteiger partial charge is 0.362 e. The smallest absolute Gasteiger partial charge is 0.170 e. The van der Waals surface area contributed by atoms with Crippen LogP contribution in [0.1, 0.15) is 11.1 Å². The fraction of sp³-hybridized carbons (Fsp3) is 0.364. The van der Waals surface area contributed by atoms with E-state index in [0.29, 0.717) is 5.11 Å². The molecule has 0 unspecified atom stereocenters. The maximum absolute atomic E-state index is 5.14. The van der Waals surface area contributed by atoms with Crippen molar-refractivity contribution in [2.24, 2.45) is 0 Å². The van der Waals surface area contributed by atoms with Gasteiger partial charge in [-0.05, 0) is 37.7 Å². The van der Waals surface area contributed by atoms with E-state index >= 15 is 0 Å². The molecule has 1 aromatic carbocycles. The van der Waals surface area contributed by atoms with Crippen molar-refractivity contribution < 1.29 is 0 Å². The molecule has 4 heteroatoms. The van der Waals surface area contributed by atoms with Gasteiger partial charge in [0.15, 0.2) is 5.11 Å². The maximum atomic E-state index is 5.14. The van der Waals surface area contributed by atoms with E-state index in [4.69, 9.17) is 12.2 Å². The molecule has 0 aromatic heterocycles. The second kappa shape index (κ2) is 5.98. The van der Waals surface area contributed by atoms with E-state index in [0.717, 1.165) is 18.0 Å².